The Labute approximate surface area is 284 Å². The number of unbranched alkanes of at least 4 members (excludes halogenated alkanes) is 3. The summed E-state index contributed by atoms with van der Waals surface area (Å²) in [6.07, 6.45) is 14.5. The predicted molar refractivity (Wildman–Crippen MR) is 187 cm³/mol. The van der Waals surface area contributed by atoms with Gasteiger partial charge in [0.1, 0.15) is 0 Å². The summed E-state index contributed by atoms with van der Waals surface area (Å²) in [6, 6.07) is 14.5. The number of H-pyrrole nitrogens is 1. The van der Waals surface area contributed by atoms with Gasteiger partial charge >= 0.3 is 0 Å². The van der Waals surface area contributed by atoms with Gasteiger partial charge < -0.3 is 24.3 Å². The van der Waals surface area contributed by atoms with Gasteiger partial charge in [-0.25, -0.2) is 20.3 Å². The highest BCUT2D eigenvalue weighted by Gasteiger charge is 2.21. The molecule has 3 N–H and O–H groups in total. The average Bonchev–Trinajstić information content (AvgIpc) is 3.83. The van der Waals surface area contributed by atoms with Crippen LogP contribution in [0.15, 0.2) is 67.3 Å². The van der Waals surface area contributed by atoms with Crippen molar-refractivity contribution in [2.24, 2.45) is 0 Å². The molecule has 0 spiro atoms. The van der Waals surface area contributed by atoms with Gasteiger partial charge in [-0.15, -0.1) is 0 Å². The van der Waals surface area contributed by atoms with Crippen LogP contribution in [0.1, 0.15) is 57.8 Å². The van der Waals surface area contributed by atoms with Crippen molar-refractivity contribution >= 4 is 45.6 Å². The number of hydroxylamine groups is 1. The number of anilines is 3. The minimum Gasteiger partial charge on any atom is -0.368 e. The zero-order valence-corrected chi connectivity index (χ0v) is 27.6. The molecule has 7 rings (SSSR count). The number of aromatic amines is 1. The van der Waals surface area contributed by atoms with Gasteiger partial charge in [-0.2, -0.15) is 5.10 Å². The normalized spacial score (nSPS) is 16.7. The van der Waals surface area contributed by atoms with Crippen LogP contribution >= 0.6 is 0 Å². The molecule has 2 aromatic carbocycles. The highest BCUT2D eigenvalue weighted by Crippen LogP contribution is 2.28. The van der Waals surface area contributed by atoms with E-state index in [1.165, 1.54) is 0 Å². The molecule has 2 fully saturated rings. The molecule has 0 radical (unpaired) electrons. The molecule has 5 heterocycles. The van der Waals surface area contributed by atoms with Gasteiger partial charge in [0.15, 0.2) is 17.8 Å². The largest absolute Gasteiger partial charge is 0.368 e. The SMILES string of the molecule is O=C(CCCCCCC(=O)N1CCN(c2ccc(Nc3nc(-c4ccc5cn[nH]c5c4)cn4ccnc34)cc2)CC1)NOC1CCCCO1. The lowest BCUT2D eigenvalue weighted by Gasteiger charge is -2.36. The lowest BCUT2D eigenvalue weighted by atomic mass is 10.1. The summed E-state index contributed by atoms with van der Waals surface area (Å²) in [5, 5.41) is 11.7. The van der Waals surface area contributed by atoms with Crippen LogP contribution in [-0.4, -0.2) is 80.4 Å². The summed E-state index contributed by atoms with van der Waals surface area (Å²) in [5.41, 5.74) is 8.06. The molecule has 0 aliphatic carbocycles. The number of rotatable bonds is 13. The highest BCUT2D eigenvalue weighted by atomic mass is 16.8. The van der Waals surface area contributed by atoms with Crippen LogP contribution in [0, 0.1) is 0 Å². The van der Waals surface area contributed by atoms with Crippen LogP contribution < -0.4 is 15.7 Å². The van der Waals surface area contributed by atoms with E-state index in [0.29, 0.717) is 38.4 Å². The van der Waals surface area contributed by atoms with Crippen LogP contribution in [-0.2, 0) is 19.2 Å². The topological polar surface area (TPSA) is 142 Å². The van der Waals surface area contributed by atoms with Gasteiger partial charge in [0.25, 0.3) is 0 Å². The van der Waals surface area contributed by atoms with E-state index in [-0.39, 0.29) is 18.1 Å². The van der Waals surface area contributed by atoms with Gasteiger partial charge in [-0.1, -0.05) is 25.0 Å². The van der Waals surface area contributed by atoms with Gasteiger partial charge in [0.2, 0.25) is 11.8 Å². The summed E-state index contributed by atoms with van der Waals surface area (Å²) in [5.74, 6) is 0.766. The molecular formula is C36H43N9O4. The lowest BCUT2D eigenvalue weighted by molar-refractivity contribution is -0.200. The number of nitrogens with zero attached hydrogens (tertiary/aromatic N) is 6. The van der Waals surface area contributed by atoms with Crippen molar-refractivity contribution in [2.75, 3.05) is 43.0 Å². The molecule has 0 saturated carbocycles. The second-order valence-electron chi connectivity index (χ2n) is 12.7. The smallest absolute Gasteiger partial charge is 0.243 e. The van der Waals surface area contributed by atoms with Crippen LogP contribution in [0.2, 0.25) is 0 Å². The molecule has 49 heavy (non-hydrogen) atoms. The summed E-state index contributed by atoms with van der Waals surface area (Å²) < 4.78 is 7.43. The summed E-state index contributed by atoms with van der Waals surface area (Å²) in [4.78, 5) is 43.9. The molecule has 13 nitrogen and oxygen atoms in total. The van der Waals surface area contributed by atoms with Crippen LogP contribution in [0.5, 0.6) is 0 Å². The summed E-state index contributed by atoms with van der Waals surface area (Å²) >= 11 is 0. The van der Waals surface area contributed by atoms with Crippen molar-refractivity contribution in [2.45, 2.75) is 64.1 Å². The molecular weight excluding hydrogens is 622 g/mol. The average molecular weight is 666 g/mol. The Morgan fingerprint density at radius 2 is 1.82 bits per heavy atom. The monoisotopic (exact) mass is 665 g/mol. The second kappa shape index (κ2) is 15.5. The third-order valence-electron chi connectivity index (χ3n) is 9.23. The molecule has 2 saturated heterocycles. The molecule has 0 bridgehead atoms. The molecule has 13 heteroatoms. The molecule has 256 valence electrons. The number of fused-ring (bicyclic) bond motifs is 2. The van der Waals surface area contributed by atoms with Crippen molar-refractivity contribution in [3.8, 4) is 11.3 Å². The summed E-state index contributed by atoms with van der Waals surface area (Å²) in [6.45, 7) is 3.69. The number of carbonyl (C=O) groups excluding carboxylic acids is 2. The van der Waals surface area contributed by atoms with E-state index < -0.39 is 0 Å². The van der Waals surface area contributed by atoms with E-state index in [0.717, 1.165) is 97.2 Å². The number of ether oxygens (including phenoxy) is 1. The van der Waals surface area contributed by atoms with Gasteiger partial charge in [-0.05, 0) is 56.0 Å². The molecule has 1 unspecified atom stereocenters. The first-order valence-corrected chi connectivity index (χ1v) is 17.3. The minimum absolute atomic E-state index is 0.118. The van der Waals surface area contributed by atoms with Gasteiger partial charge in [-0.3, -0.25) is 14.7 Å². The van der Waals surface area contributed by atoms with Crippen LogP contribution in [0.4, 0.5) is 17.2 Å². The Bertz CT molecular complexity index is 1860. The second-order valence-corrected chi connectivity index (χ2v) is 12.7. The number of aromatic nitrogens is 5. The number of hydrogen-bond acceptors (Lipinski definition) is 9. The maximum Gasteiger partial charge on any atom is 0.243 e. The third kappa shape index (κ3) is 8.18. The van der Waals surface area contributed by atoms with E-state index in [1.54, 1.807) is 6.20 Å². The minimum atomic E-state index is -0.327. The molecule has 2 aliphatic heterocycles. The van der Waals surface area contributed by atoms with Crippen LogP contribution in [0.3, 0.4) is 0 Å². The maximum atomic E-state index is 12.9. The maximum absolute atomic E-state index is 12.9. The van der Waals surface area contributed by atoms with Crippen molar-refractivity contribution in [1.29, 1.82) is 0 Å². The molecule has 2 amide bonds. The summed E-state index contributed by atoms with van der Waals surface area (Å²) in [7, 11) is 0. The Morgan fingerprint density at radius 1 is 0.980 bits per heavy atom. The van der Waals surface area contributed by atoms with Crippen molar-refractivity contribution in [3.63, 3.8) is 0 Å². The number of hydrogen-bond donors (Lipinski definition) is 3. The Morgan fingerprint density at radius 3 is 2.63 bits per heavy atom. The van der Waals surface area contributed by atoms with E-state index >= 15 is 0 Å². The fourth-order valence-corrected chi connectivity index (χ4v) is 6.42. The number of amides is 2. The Kier molecular flexibility index (Phi) is 10.3. The van der Waals surface area contributed by atoms with Crippen LogP contribution in [0.25, 0.3) is 27.8 Å². The number of piperazine rings is 1. The molecule has 1 atom stereocenters. The highest BCUT2D eigenvalue weighted by molar-refractivity contribution is 5.84. The fraction of sp³-hybridized carbons (Fsp3) is 0.417. The fourth-order valence-electron chi connectivity index (χ4n) is 6.42. The zero-order valence-electron chi connectivity index (χ0n) is 27.6. The van der Waals surface area contributed by atoms with E-state index in [9.17, 15) is 9.59 Å². The number of imidazole rings is 1. The molecule has 5 aromatic rings. The zero-order chi connectivity index (χ0) is 33.4. The Balaban J connectivity index is 0.842. The number of carbonyl (C=O) groups is 2. The van der Waals surface area contributed by atoms with E-state index in [4.69, 9.17) is 14.6 Å². The third-order valence-corrected chi connectivity index (χ3v) is 9.23. The van der Waals surface area contributed by atoms with Crippen molar-refractivity contribution in [1.82, 2.24) is 34.9 Å². The first kappa shape index (κ1) is 32.5. The van der Waals surface area contributed by atoms with E-state index in [1.807, 2.05) is 40.0 Å². The first-order valence-electron chi connectivity index (χ1n) is 17.3. The standard InChI is InChI=1S/C36H43N9O4/c46-32(42-49-34-9-5-6-22-48-34)7-3-1-2-4-8-33(47)44-20-18-43(19-21-44)29-14-12-28(13-15-29)39-35-36-37-16-17-45(36)25-31(40-35)26-10-11-27-24-38-41-30(27)23-26/h10-17,23-25,34H,1-9,18-22H2,(H,38,41)(H,39,40)(H,42,46). The molecule has 2 aliphatic rings. The van der Waals surface area contributed by atoms with Gasteiger partial charge in [0, 0.05) is 93.0 Å². The quantitative estimate of drug-likeness (QED) is 0.109. The lowest BCUT2D eigenvalue weighted by Crippen LogP contribution is -2.48. The van der Waals surface area contributed by atoms with Gasteiger partial charge in [0.05, 0.1) is 17.4 Å². The number of benzene rings is 2. The predicted octanol–water partition coefficient (Wildman–Crippen LogP) is 5.58. The number of nitrogens with one attached hydrogen (secondary N) is 3. The first-order chi connectivity index (χ1) is 24.1. The van der Waals surface area contributed by atoms with Crippen molar-refractivity contribution < 1.29 is 19.2 Å². The Hall–Kier alpha value is -5.01. The molecule has 3 aromatic heterocycles. The van der Waals surface area contributed by atoms with E-state index in [2.05, 4.69) is 61.2 Å². The van der Waals surface area contributed by atoms with Crippen molar-refractivity contribution in [3.05, 3.63) is 67.3 Å².